The van der Waals surface area contributed by atoms with E-state index in [1.807, 2.05) is 6.08 Å². The van der Waals surface area contributed by atoms with Crippen molar-refractivity contribution in [3.8, 4) is 0 Å². The van der Waals surface area contributed by atoms with Crippen LogP contribution in [-0.2, 0) is 14.3 Å². The van der Waals surface area contributed by atoms with Crippen molar-refractivity contribution in [3.05, 3.63) is 12.2 Å². The van der Waals surface area contributed by atoms with Crippen molar-refractivity contribution < 1.29 is 24.5 Å². The Hall–Kier alpha value is -1.40. The molecule has 0 radical (unpaired) electrons. The molecular formula is C65H127NO5. The van der Waals surface area contributed by atoms with E-state index in [4.69, 9.17) is 4.74 Å². The molecule has 0 saturated carbocycles. The fraction of sp³-hybridized carbons (Fsp3) is 0.938. The van der Waals surface area contributed by atoms with Crippen molar-refractivity contribution in [2.24, 2.45) is 0 Å². The Kier molecular flexibility index (Phi) is 59.9. The third-order valence-corrected chi connectivity index (χ3v) is 15.3. The number of aliphatic hydroxyl groups excluding tert-OH is 2. The van der Waals surface area contributed by atoms with E-state index in [-0.39, 0.29) is 18.5 Å². The normalized spacial score (nSPS) is 12.6. The third kappa shape index (κ3) is 57.7. The molecule has 0 spiro atoms. The average Bonchev–Trinajstić information content (AvgIpc) is 3.37. The molecule has 0 heterocycles. The lowest BCUT2D eigenvalue weighted by Crippen LogP contribution is -2.45. The molecule has 6 nitrogen and oxygen atoms in total. The van der Waals surface area contributed by atoms with Gasteiger partial charge in [0.05, 0.1) is 25.4 Å². The zero-order chi connectivity index (χ0) is 51.4. The molecular weight excluding hydrogens is 875 g/mol. The molecule has 6 heteroatoms. The fourth-order valence-corrected chi connectivity index (χ4v) is 10.3. The van der Waals surface area contributed by atoms with Gasteiger partial charge in [-0.3, -0.25) is 9.59 Å². The molecule has 0 aromatic rings. The molecule has 71 heavy (non-hydrogen) atoms. The standard InChI is InChI=1S/C65H127NO5/c1-3-5-7-9-11-13-15-17-19-20-21-22-23-24-25-26-27-28-30-33-37-41-45-49-53-57-63(68)62(61-67)66-64(69)58-54-50-46-42-38-34-31-32-36-40-44-48-52-56-60-71-65(70)59-55-51-47-43-39-35-29-18-16-14-12-10-8-6-4-2/h53,57,62-63,67-68H,3-52,54-56,58-61H2,1-2H3,(H,66,69)/b57-53+. The van der Waals surface area contributed by atoms with Gasteiger partial charge in [-0.05, 0) is 32.1 Å². The average molecular weight is 1000 g/mol. The highest BCUT2D eigenvalue weighted by atomic mass is 16.5. The van der Waals surface area contributed by atoms with Crippen molar-refractivity contribution in [3.63, 3.8) is 0 Å². The first kappa shape index (κ1) is 69.6. The minimum absolute atomic E-state index is 0.000761. The van der Waals surface area contributed by atoms with E-state index < -0.39 is 12.1 Å². The Morgan fingerprint density at radius 1 is 0.380 bits per heavy atom. The van der Waals surface area contributed by atoms with Gasteiger partial charge >= 0.3 is 5.97 Å². The molecule has 0 aliphatic rings. The second-order valence-electron chi connectivity index (χ2n) is 22.5. The van der Waals surface area contributed by atoms with Crippen LogP contribution in [0.2, 0.25) is 0 Å². The fourth-order valence-electron chi connectivity index (χ4n) is 10.3. The van der Waals surface area contributed by atoms with Crippen LogP contribution in [0, 0.1) is 0 Å². The molecule has 0 bridgehead atoms. The van der Waals surface area contributed by atoms with Gasteiger partial charge in [0.15, 0.2) is 0 Å². The minimum Gasteiger partial charge on any atom is -0.466 e. The smallest absolute Gasteiger partial charge is 0.305 e. The largest absolute Gasteiger partial charge is 0.466 e. The van der Waals surface area contributed by atoms with Gasteiger partial charge in [-0.15, -0.1) is 0 Å². The van der Waals surface area contributed by atoms with Gasteiger partial charge in [0.2, 0.25) is 5.91 Å². The second-order valence-corrected chi connectivity index (χ2v) is 22.5. The lowest BCUT2D eigenvalue weighted by molar-refractivity contribution is -0.143. The first-order valence-corrected chi connectivity index (χ1v) is 32.5. The van der Waals surface area contributed by atoms with E-state index in [9.17, 15) is 19.8 Å². The SMILES string of the molecule is CCCCCCCCCCCCCCCCCCCCCCCCC/C=C/C(O)C(CO)NC(=O)CCCCCCCCCCCCCCCCOC(=O)CCCCCCCCCCCCCCCCC. The summed E-state index contributed by atoms with van der Waals surface area (Å²) in [7, 11) is 0. The lowest BCUT2D eigenvalue weighted by atomic mass is 10.0. The summed E-state index contributed by atoms with van der Waals surface area (Å²) < 4.78 is 5.48. The van der Waals surface area contributed by atoms with Gasteiger partial charge in [0, 0.05) is 12.8 Å². The number of amides is 1. The molecule has 0 aliphatic heterocycles. The van der Waals surface area contributed by atoms with Crippen LogP contribution in [0.3, 0.4) is 0 Å². The van der Waals surface area contributed by atoms with E-state index in [1.54, 1.807) is 6.08 Å². The monoisotopic (exact) mass is 1000 g/mol. The highest BCUT2D eigenvalue weighted by Gasteiger charge is 2.18. The van der Waals surface area contributed by atoms with Gasteiger partial charge in [0.1, 0.15) is 0 Å². The van der Waals surface area contributed by atoms with Crippen LogP contribution in [0.15, 0.2) is 12.2 Å². The molecule has 0 aromatic carbocycles. The zero-order valence-corrected chi connectivity index (χ0v) is 48.2. The molecule has 3 N–H and O–H groups in total. The van der Waals surface area contributed by atoms with Gasteiger partial charge < -0.3 is 20.3 Å². The number of rotatable bonds is 61. The maximum Gasteiger partial charge on any atom is 0.305 e. The van der Waals surface area contributed by atoms with Crippen LogP contribution in [0.4, 0.5) is 0 Å². The third-order valence-electron chi connectivity index (χ3n) is 15.3. The number of hydrogen-bond acceptors (Lipinski definition) is 5. The highest BCUT2D eigenvalue weighted by molar-refractivity contribution is 5.76. The Morgan fingerprint density at radius 3 is 0.958 bits per heavy atom. The van der Waals surface area contributed by atoms with Crippen LogP contribution in [0.5, 0.6) is 0 Å². The molecule has 1 amide bonds. The molecule has 0 aromatic heterocycles. The maximum absolute atomic E-state index is 12.5. The summed E-state index contributed by atoms with van der Waals surface area (Å²) >= 11 is 0. The van der Waals surface area contributed by atoms with Crippen LogP contribution in [0.1, 0.15) is 367 Å². The Labute approximate surface area is 444 Å². The number of allylic oxidation sites excluding steroid dienone is 1. The number of carbonyl (C=O) groups excluding carboxylic acids is 2. The van der Waals surface area contributed by atoms with Gasteiger partial charge in [-0.25, -0.2) is 0 Å². The van der Waals surface area contributed by atoms with Crippen molar-refractivity contribution in [1.29, 1.82) is 0 Å². The molecule has 2 unspecified atom stereocenters. The number of unbranched alkanes of at least 4 members (excludes halogenated alkanes) is 50. The second kappa shape index (κ2) is 61.1. The molecule has 0 saturated heterocycles. The summed E-state index contributed by atoms with van der Waals surface area (Å²) in [6.07, 6.45) is 74.0. The topological polar surface area (TPSA) is 95.9 Å². The number of aliphatic hydroxyl groups is 2. The van der Waals surface area contributed by atoms with Crippen molar-refractivity contribution in [1.82, 2.24) is 5.32 Å². The van der Waals surface area contributed by atoms with Gasteiger partial charge in [-0.2, -0.15) is 0 Å². The van der Waals surface area contributed by atoms with Crippen LogP contribution < -0.4 is 5.32 Å². The summed E-state index contributed by atoms with van der Waals surface area (Å²) in [5.41, 5.74) is 0. The van der Waals surface area contributed by atoms with Crippen LogP contribution in [0.25, 0.3) is 0 Å². The Bertz CT molecular complexity index is 1060. The van der Waals surface area contributed by atoms with E-state index in [0.717, 1.165) is 57.8 Å². The molecule has 422 valence electrons. The van der Waals surface area contributed by atoms with Crippen LogP contribution >= 0.6 is 0 Å². The number of carbonyl (C=O) groups is 2. The summed E-state index contributed by atoms with van der Waals surface area (Å²) in [5, 5.41) is 23.2. The zero-order valence-electron chi connectivity index (χ0n) is 48.2. The number of ether oxygens (including phenoxy) is 1. The summed E-state index contributed by atoms with van der Waals surface area (Å²) in [6, 6.07) is -0.636. The number of nitrogens with one attached hydrogen (secondary N) is 1. The number of hydrogen-bond donors (Lipinski definition) is 3. The Morgan fingerprint density at radius 2 is 0.648 bits per heavy atom. The summed E-state index contributed by atoms with van der Waals surface area (Å²) in [4.78, 5) is 24.6. The first-order valence-electron chi connectivity index (χ1n) is 32.5. The van der Waals surface area contributed by atoms with Crippen molar-refractivity contribution in [2.75, 3.05) is 13.2 Å². The summed E-state index contributed by atoms with van der Waals surface area (Å²) in [5.74, 6) is -0.0729. The van der Waals surface area contributed by atoms with E-state index in [1.165, 1.54) is 283 Å². The van der Waals surface area contributed by atoms with Crippen molar-refractivity contribution >= 4 is 11.9 Å². The van der Waals surface area contributed by atoms with Gasteiger partial charge in [-0.1, -0.05) is 334 Å². The molecule has 0 aliphatic carbocycles. The summed E-state index contributed by atoms with van der Waals surface area (Å²) in [6.45, 7) is 4.92. The minimum atomic E-state index is -0.852. The predicted molar refractivity (Wildman–Crippen MR) is 310 cm³/mol. The number of esters is 1. The maximum atomic E-state index is 12.5. The van der Waals surface area contributed by atoms with E-state index >= 15 is 0 Å². The molecule has 0 rings (SSSR count). The van der Waals surface area contributed by atoms with Gasteiger partial charge in [0.25, 0.3) is 0 Å². The molecule has 0 fully saturated rings. The first-order chi connectivity index (χ1) is 35.0. The predicted octanol–water partition coefficient (Wildman–Crippen LogP) is 20.4. The molecule has 2 atom stereocenters. The van der Waals surface area contributed by atoms with Crippen molar-refractivity contribution in [2.45, 2.75) is 379 Å². The van der Waals surface area contributed by atoms with E-state index in [0.29, 0.717) is 19.4 Å². The Balaban J connectivity index is 3.45. The lowest BCUT2D eigenvalue weighted by Gasteiger charge is -2.20. The quantitative estimate of drug-likeness (QED) is 0.0320. The van der Waals surface area contributed by atoms with E-state index in [2.05, 4.69) is 19.2 Å². The van der Waals surface area contributed by atoms with Crippen LogP contribution in [-0.4, -0.2) is 47.4 Å². The highest BCUT2D eigenvalue weighted by Crippen LogP contribution is 2.18.